The molecule has 0 amide bonds. The molecule has 2 aromatic rings. The number of halogens is 1. The molecular formula is C13H16ClN3. The fourth-order valence-corrected chi connectivity index (χ4v) is 3.17. The first-order chi connectivity index (χ1) is 8.10. The van der Waals surface area contributed by atoms with E-state index in [9.17, 15) is 0 Å². The summed E-state index contributed by atoms with van der Waals surface area (Å²) in [5, 5.41) is 0.707. The Labute approximate surface area is 106 Å². The third-order valence-electron chi connectivity index (χ3n) is 3.86. The van der Waals surface area contributed by atoms with Gasteiger partial charge in [0.25, 0.3) is 0 Å². The predicted molar refractivity (Wildman–Crippen MR) is 71.3 cm³/mol. The van der Waals surface area contributed by atoms with Crippen molar-refractivity contribution in [3.8, 4) is 0 Å². The van der Waals surface area contributed by atoms with Gasteiger partial charge in [-0.05, 0) is 38.0 Å². The minimum atomic E-state index is 0.118. The standard InChI is InChI=1S/C13H16ClN3/c1-13(6-2-3-7-13)17-11-5-4-9(14)8-10(11)16-12(17)15/h4-5,8H,2-3,6-7H2,1H3,(H2,15,16). The van der Waals surface area contributed by atoms with Gasteiger partial charge in [0.2, 0.25) is 5.95 Å². The van der Waals surface area contributed by atoms with Crippen molar-refractivity contribution < 1.29 is 0 Å². The summed E-state index contributed by atoms with van der Waals surface area (Å²) in [6, 6.07) is 5.80. The van der Waals surface area contributed by atoms with Gasteiger partial charge in [-0.3, -0.25) is 0 Å². The van der Waals surface area contributed by atoms with Crippen molar-refractivity contribution in [2.24, 2.45) is 0 Å². The quantitative estimate of drug-likeness (QED) is 0.840. The molecule has 0 atom stereocenters. The van der Waals surface area contributed by atoms with Crippen molar-refractivity contribution in [3.63, 3.8) is 0 Å². The SMILES string of the molecule is CC1(n2c(N)nc3cc(Cl)ccc32)CCCC1. The molecule has 0 unspecified atom stereocenters. The van der Waals surface area contributed by atoms with Crippen LogP contribution in [0.25, 0.3) is 11.0 Å². The summed E-state index contributed by atoms with van der Waals surface area (Å²) >= 11 is 5.98. The molecule has 4 heteroatoms. The van der Waals surface area contributed by atoms with Gasteiger partial charge < -0.3 is 10.3 Å². The molecule has 90 valence electrons. The molecular weight excluding hydrogens is 234 g/mol. The van der Waals surface area contributed by atoms with Crippen LogP contribution in [0.15, 0.2) is 18.2 Å². The van der Waals surface area contributed by atoms with E-state index >= 15 is 0 Å². The maximum Gasteiger partial charge on any atom is 0.201 e. The number of rotatable bonds is 1. The van der Waals surface area contributed by atoms with Crippen molar-refractivity contribution in [1.29, 1.82) is 0 Å². The van der Waals surface area contributed by atoms with Gasteiger partial charge in [-0.15, -0.1) is 0 Å². The van der Waals surface area contributed by atoms with E-state index in [1.165, 1.54) is 25.7 Å². The average molecular weight is 250 g/mol. The number of nitrogens with two attached hydrogens (primary N) is 1. The Hall–Kier alpha value is -1.22. The Kier molecular flexibility index (Phi) is 2.33. The van der Waals surface area contributed by atoms with Crippen molar-refractivity contribution in [1.82, 2.24) is 9.55 Å². The van der Waals surface area contributed by atoms with Gasteiger partial charge in [-0.25, -0.2) is 4.98 Å². The summed E-state index contributed by atoms with van der Waals surface area (Å²) in [4.78, 5) is 4.42. The van der Waals surface area contributed by atoms with E-state index in [-0.39, 0.29) is 5.54 Å². The molecule has 3 rings (SSSR count). The number of fused-ring (bicyclic) bond motifs is 1. The molecule has 1 aromatic carbocycles. The molecule has 3 nitrogen and oxygen atoms in total. The first-order valence-corrected chi connectivity index (χ1v) is 6.42. The molecule has 1 aliphatic rings. The second-order valence-corrected chi connectivity index (χ2v) is 5.58. The number of nitrogens with zero attached hydrogens (tertiary/aromatic N) is 2. The van der Waals surface area contributed by atoms with Crippen LogP contribution in [-0.2, 0) is 5.54 Å². The number of anilines is 1. The molecule has 0 saturated heterocycles. The summed E-state index contributed by atoms with van der Waals surface area (Å²) in [7, 11) is 0. The van der Waals surface area contributed by atoms with E-state index in [1.807, 2.05) is 18.2 Å². The Bertz CT molecular complexity index is 567. The van der Waals surface area contributed by atoms with Gasteiger partial charge >= 0.3 is 0 Å². The van der Waals surface area contributed by atoms with Gasteiger partial charge in [0.1, 0.15) is 0 Å². The molecule has 0 bridgehead atoms. The monoisotopic (exact) mass is 249 g/mol. The average Bonchev–Trinajstić information content (AvgIpc) is 2.81. The van der Waals surface area contributed by atoms with Crippen LogP contribution in [0, 0.1) is 0 Å². The lowest BCUT2D eigenvalue weighted by Gasteiger charge is -2.27. The fourth-order valence-electron chi connectivity index (χ4n) is 3.00. The lowest BCUT2D eigenvalue weighted by atomic mass is 10.00. The van der Waals surface area contributed by atoms with Gasteiger partial charge in [0.15, 0.2) is 0 Å². The van der Waals surface area contributed by atoms with E-state index < -0.39 is 0 Å². The van der Waals surface area contributed by atoms with Gasteiger partial charge in [-0.1, -0.05) is 24.4 Å². The number of benzene rings is 1. The van der Waals surface area contributed by atoms with Gasteiger partial charge in [-0.2, -0.15) is 0 Å². The van der Waals surface area contributed by atoms with Crippen LogP contribution in [0.4, 0.5) is 5.95 Å². The molecule has 1 saturated carbocycles. The summed E-state index contributed by atoms with van der Waals surface area (Å²) in [6.45, 7) is 2.27. The van der Waals surface area contributed by atoms with Crippen LogP contribution in [0.3, 0.4) is 0 Å². The summed E-state index contributed by atoms with van der Waals surface area (Å²) in [6.07, 6.45) is 4.88. The largest absolute Gasteiger partial charge is 0.369 e. The van der Waals surface area contributed by atoms with Gasteiger partial charge in [0.05, 0.1) is 11.0 Å². The fraction of sp³-hybridized carbons (Fsp3) is 0.462. The normalized spacial score (nSPS) is 18.9. The molecule has 1 aromatic heterocycles. The van der Waals surface area contributed by atoms with E-state index in [2.05, 4.69) is 16.5 Å². The highest BCUT2D eigenvalue weighted by Gasteiger charge is 2.33. The molecule has 17 heavy (non-hydrogen) atoms. The maximum atomic E-state index is 6.08. The zero-order chi connectivity index (χ0) is 12.0. The van der Waals surface area contributed by atoms with Crippen LogP contribution >= 0.6 is 11.6 Å². The van der Waals surface area contributed by atoms with Crippen LogP contribution in [0.2, 0.25) is 5.02 Å². The Morgan fingerprint density at radius 2 is 2.06 bits per heavy atom. The number of hydrogen-bond acceptors (Lipinski definition) is 2. The van der Waals surface area contributed by atoms with Crippen molar-refractivity contribution in [2.45, 2.75) is 38.1 Å². The highest BCUT2D eigenvalue weighted by Crippen LogP contribution is 2.40. The minimum absolute atomic E-state index is 0.118. The maximum absolute atomic E-state index is 6.08. The number of hydrogen-bond donors (Lipinski definition) is 1. The van der Waals surface area contributed by atoms with Crippen LogP contribution in [0.5, 0.6) is 0 Å². The van der Waals surface area contributed by atoms with E-state index in [0.717, 1.165) is 11.0 Å². The van der Waals surface area contributed by atoms with Crippen LogP contribution in [-0.4, -0.2) is 9.55 Å². The molecule has 1 heterocycles. The number of imidazole rings is 1. The first-order valence-electron chi connectivity index (χ1n) is 6.04. The second-order valence-electron chi connectivity index (χ2n) is 5.14. The third-order valence-corrected chi connectivity index (χ3v) is 4.10. The molecule has 0 spiro atoms. The molecule has 1 aliphatic carbocycles. The zero-order valence-corrected chi connectivity index (χ0v) is 10.7. The Balaban J connectivity index is 2.25. The lowest BCUT2D eigenvalue weighted by Crippen LogP contribution is -2.27. The summed E-state index contributed by atoms with van der Waals surface area (Å²) in [5.41, 5.74) is 8.18. The van der Waals surface area contributed by atoms with Crippen molar-refractivity contribution in [2.75, 3.05) is 5.73 Å². The molecule has 0 radical (unpaired) electrons. The number of aromatic nitrogens is 2. The summed E-state index contributed by atoms with van der Waals surface area (Å²) in [5.74, 6) is 0.603. The Morgan fingerprint density at radius 1 is 1.35 bits per heavy atom. The first kappa shape index (κ1) is 10.9. The molecule has 0 aliphatic heterocycles. The zero-order valence-electron chi connectivity index (χ0n) is 9.91. The van der Waals surface area contributed by atoms with Crippen molar-refractivity contribution >= 4 is 28.6 Å². The lowest BCUT2D eigenvalue weighted by molar-refractivity contribution is 0.344. The van der Waals surface area contributed by atoms with E-state index in [0.29, 0.717) is 11.0 Å². The molecule has 1 fully saturated rings. The Morgan fingerprint density at radius 3 is 2.76 bits per heavy atom. The van der Waals surface area contributed by atoms with Gasteiger partial charge in [0, 0.05) is 10.6 Å². The summed E-state index contributed by atoms with van der Waals surface area (Å²) < 4.78 is 2.19. The predicted octanol–water partition coefficient (Wildman–Crippen LogP) is 3.56. The van der Waals surface area contributed by atoms with E-state index in [1.54, 1.807) is 0 Å². The second kappa shape index (κ2) is 3.64. The van der Waals surface area contributed by atoms with Crippen LogP contribution in [0.1, 0.15) is 32.6 Å². The smallest absolute Gasteiger partial charge is 0.201 e. The topological polar surface area (TPSA) is 43.8 Å². The highest BCUT2D eigenvalue weighted by molar-refractivity contribution is 6.31. The van der Waals surface area contributed by atoms with Crippen LogP contribution < -0.4 is 5.73 Å². The molecule has 2 N–H and O–H groups in total. The third kappa shape index (κ3) is 1.61. The highest BCUT2D eigenvalue weighted by atomic mass is 35.5. The number of nitrogen functional groups attached to an aromatic ring is 1. The van der Waals surface area contributed by atoms with Crippen molar-refractivity contribution in [3.05, 3.63) is 23.2 Å². The minimum Gasteiger partial charge on any atom is -0.369 e. The van der Waals surface area contributed by atoms with E-state index in [4.69, 9.17) is 17.3 Å².